The molecule has 1 aliphatic heterocycles. The van der Waals surface area contributed by atoms with Crippen LogP contribution in [0.2, 0.25) is 0 Å². The minimum absolute atomic E-state index is 0.0158. The van der Waals surface area contributed by atoms with E-state index in [1.807, 2.05) is 12.1 Å². The van der Waals surface area contributed by atoms with E-state index in [0.717, 1.165) is 23.3 Å². The van der Waals surface area contributed by atoms with E-state index in [-0.39, 0.29) is 23.7 Å². The number of benzene rings is 1. The van der Waals surface area contributed by atoms with E-state index in [2.05, 4.69) is 20.4 Å². The van der Waals surface area contributed by atoms with Crippen molar-refractivity contribution >= 4 is 5.91 Å². The average molecular weight is 444 g/mol. The summed E-state index contributed by atoms with van der Waals surface area (Å²) in [5, 5.41) is 6.73. The van der Waals surface area contributed by atoms with Crippen molar-refractivity contribution in [1.29, 1.82) is 0 Å². The number of aryl methyl sites for hydroxylation is 1. The highest BCUT2D eigenvalue weighted by Gasteiger charge is 2.32. The molecular weight excluding hydrogens is 421 g/mol. The first-order chi connectivity index (χ1) is 15.3. The van der Waals surface area contributed by atoms with E-state index in [1.165, 1.54) is 12.1 Å². The van der Waals surface area contributed by atoms with Gasteiger partial charge in [-0.25, -0.2) is 0 Å². The summed E-state index contributed by atoms with van der Waals surface area (Å²) < 4.78 is 44.0. The van der Waals surface area contributed by atoms with E-state index in [0.29, 0.717) is 31.7 Å². The summed E-state index contributed by atoms with van der Waals surface area (Å²) in [6.07, 6.45) is 0.449. The molecule has 32 heavy (non-hydrogen) atoms. The molecule has 3 aromatic rings. The number of pyridine rings is 1. The molecule has 168 valence electrons. The average Bonchev–Trinajstić information content (AvgIpc) is 3.22. The number of alkyl halides is 3. The van der Waals surface area contributed by atoms with Crippen LogP contribution < -0.4 is 5.32 Å². The number of likely N-dealkylation sites (tertiary alicyclic amines) is 1. The maximum absolute atomic E-state index is 13.0. The number of nitrogens with one attached hydrogen (secondary N) is 1. The van der Waals surface area contributed by atoms with Crippen LogP contribution in [0.3, 0.4) is 0 Å². The third kappa shape index (κ3) is 4.99. The van der Waals surface area contributed by atoms with Crippen LogP contribution in [0.1, 0.15) is 51.8 Å². The lowest BCUT2D eigenvalue weighted by molar-refractivity contribution is -0.137. The molecule has 1 saturated heterocycles. The van der Waals surface area contributed by atoms with Gasteiger partial charge in [-0.1, -0.05) is 23.4 Å². The second kappa shape index (κ2) is 9.12. The number of hydrogen-bond donors (Lipinski definition) is 1. The number of hydrogen-bond acceptors (Lipinski definition) is 5. The van der Waals surface area contributed by atoms with Gasteiger partial charge < -0.3 is 9.84 Å². The standard InChI is InChI=1S/C23H23F3N4O2/c1-15-13-20(29-32-15)22(31)28-19-8-11-30(12-9-19)21(17-3-2-10-27-14-17)16-4-6-18(7-5-16)23(24,25)26/h2-7,10,13-14,19,21H,8-9,11-12H2,1H3,(H,28,31). The Kier molecular flexibility index (Phi) is 6.27. The summed E-state index contributed by atoms with van der Waals surface area (Å²) in [6, 6.07) is 10.4. The Morgan fingerprint density at radius 3 is 2.44 bits per heavy atom. The number of amides is 1. The lowest BCUT2D eigenvalue weighted by Crippen LogP contribution is -2.46. The van der Waals surface area contributed by atoms with E-state index < -0.39 is 11.7 Å². The van der Waals surface area contributed by atoms with Gasteiger partial charge in [-0.2, -0.15) is 13.2 Å². The molecule has 9 heteroatoms. The molecular formula is C23H23F3N4O2. The number of aromatic nitrogens is 2. The van der Waals surface area contributed by atoms with Crippen molar-refractivity contribution < 1.29 is 22.5 Å². The lowest BCUT2D eigenvalue weighted by atomic mass is 9.94. The van der Waals surface area contributed by atoms with Crippen LogP contribution in [0.15, 0.2) is 59.4 Å². The molecule has 0 radical (unpaired) electrons. The van der Waals surface area contributed by atoms with Crippen LogP contribution in [0.4, 0.5) is 13.2 Å². The van der Waals surface area contributed by atoms with Crippen molar-refractivity contribution in [2.45, 2.75) is 38.0 Å². The second-order valence-electron chi connectivity index (χ2n) is 7.92. The van der Waals surface area contributed by atoms with Gasteiger partial charge in [-0.15, -0.1) is 0 Å². The van der Waals surface area contributed by atoms with Crippen molar-refractivity contribution in [1.82, 2.24) is 20.4 Å². The number of carbonyl (C=O) groups excluding carboxylic acids is 1. The molecule has 1 aromatic carbocycles. The number of carbonyl (C=O) groups is 1. The second-order valence-corrected chi connectivity index (χ2v) is 7.92. The molecule has 3 heterocycles. The molecule has 4 rings (SSSR count). The highest BCUT2D eigenvalue weighted by Crippen LogP contribution is 2.34. The maximum atomic E-state index is 13.0. The molecule has 1 aliphatic rings. The van der Waals surface area contributed by atoms with E-state index in [9.17, 15) is 18.0 Å². The van der Waals surface area contributed by atoms with Crippen molar-refractivity contribution in [3.63, 3.8) is 0 Å². The zero-order valence-corrected chi connectivity index (χ0v) is 17.5. The van der Waals surface area contributed by atoms with Gasteiger partial charge in [0.25, 0.3) is 5.91 Å². The Morgan fingerprint density at radius 1 is 1.16 bits per heavy atom. The molecule has 0 spiro atoms. The summed E-state index contributed by atoms with van der Waals surface area (Å²) in [5.74, 6) is 0.299. The van der Waals surface area contributed by atoms with Crippen molar-refractivity contribution in [2.24, 2.45) is 0 Å². The highest BCUT2D eigenvalue weighted by atomic mass is 19.4. The predicted molar refractivity (Wildman–Crippen MR) is 111 cm³/mol. The highest BCUT2D eigenvalue weighted by molar-refractivity contribution is 5.92. The van der Waals surface area contributed by atoms with Gasteiger partial charge in [0.1, 0.15) is 5.76 Å². The minimum atomic E-state index is -4.37. The molecule has 1 amide bonds. The van der Waals surface area contributed by atoms with Gasteiger partial charge >= 0.3 is 6.18 Å². The minimum Gasteiger partial charge on any atom is -0.361 e. The van der Waals surface area contributed by atoms with Gasteiger partial charge in [0.2, 0.25) is 0 Å². The molecule has 0 saturated carbocycles. The van der Waals surface area contributed by atoms with Crippen LogP contribution in [-0.4, -0.2) is 40.1 Å². The fraction of sp³-hybridized carbons (Fsp3) is 0.348. The zero-order valence-electron chi connectivity index (χ0n) is 17.5. The summed E-state index contributed by atoms with van der Waals surface area (Å²) in [6.45, 7) is 3.06. The molecule has 0 aliphatic carbocycles. The van der Waals surface area contributed by atoms with Crippen LogP contribution in [-0.2, 0) is 6.18 Å². The lowest BCUT2D eigenvalue weighted by Gasteiger charge is -2.38. The number of halogens is 3. The van der Waals surface area contributed by atoms with E-state index in [1.54, 1.807) is 25.4 Å². The fourth-order valence-corrected chi connectivity index (χ4v) is 4.04. The summed E-state index contributed by atoms with van der Waals surface area (Å²) in [7, 11) is 0. The van der Waals surface area contributed by atoms with Crippen LogP contribution in [0, 0.1) is 6.92 Å². The third-order valence-corrected chi connectivity index (χ3v) is 5.64. The van der Waals surface area contributed by atoms with Crippen molar-refractivity contribution in [3.05, 3.63) is 83.0 Å². The molecule has 1 unspecified atom stereocenters. The van der Waals surface area contributed by atoms with Gasteiger partial charge in [-0.3, -0.25) is 14.7 Å². The van der Waals surface area contributed by atoms with Crippen LogP contribution in [0.25, 0.3) is 0 Å². The third-order valence-electron chi connectivity index (χ3n) is 5.64. The maximum Gasteiger partial charge on any atom is 0.416 e. The van der Waals surface area contributed by atoms with Gasteiger partial charge in [0, 0.05) is 37.6 Å². The smallest absolute Gasteiger partial charge is 0.361 e. The van der Waals surface area contributed by atoms with Crippen molar-refractivity contribution in [2.75, 3.05) is 13.1 Å². The molecule has 0 bridgehead atoms. The first-order valence-corrected chi connectivity index (χ1v) is 10.4. The quantitative estimate of drug-likeness (QED) is 0.633. The Bertz CT molecular complexity index is 1040. The summed E-state index contributed by atoms with van der Waals surface area (Å²) >= 11 is 0. The molecule has 1 N–H and O–H groups in total. The van der Waals surface area contributed by atoms with Crippen molar-refractivity contribution in [3.8, 4) is 0 Å². The zero-order chi connectivity index (χ0) is 22.7. The van der Waals surface area contributed by atoms with E-state index in [4.69, 9.17) is 4.52 Å². The Labute approximate surface area is 183 Å². The number of nitrogens with zero attached hydrogens (tertiary/aromatic N) is 3. The fourth-order valence-electron chi connectivity index (χ4n) is 4.04. The normalized spacial score (nSPS) is 16.6. The number of piperidine rings is 1. The Hall–Kier alpha value is -3.20. The monoisotopic (exact) mass is 444 g/mol. The SMILES string of the molecule is Cc1cc(C(=O)NC2CCN(C(c3ccc(C(F)(F)F)cc3)c3cccnc3)CC2)no1. The number of rotatable bonds is 5. The van der Waals surface area contributed by atoms with Gasteiger partial charge in [0.15, 0.2) is 5.69 Å². The summed E-state index contributed by atoms with van der Waals surface area (Å²) in [4.78, 5) is 18.8. The van der Waals surface area contributed by atoms with E-state index >= 15 is 0 Å². The van der Waals surface area contributed by atoms with Gasteiger partial charge in [-0.05, 0) is 49.1 Å². The Morgan fingerprint density at radius 2 is 1.88 bits per heavy atom. The Balaban J connectivity index is 1.48. The molecule has 1 atom stereocenters. The first kappa shape index (κ1) is 22.0. The predicted octanol–water partition coefficient (Wildman–Crippen LogP) is 4.38. The van der Waals surface area contributed by atoms with Crippen LogP contribution >= 0.6 is 0 Å². The molecule has 2 aromatic heterocycles. The molecule has 6 nitrogen and oxygen atoms in total. The largest absolute Gasteiger partial charge is 0.416 e. The molecule has 1 fully saturated rings. The topological polar surface area (TPSA) is 71.3 Å². The summed E-state index contributed by atoms with van der Waals surface area (Å²) in [5.41, 5.74) is 1.26. The van der Waals surface area contributed by atoms with Crippen LogP contribution in [0.5, 0.6) is 0 Å². The first-order valence-electron chi connectivity index (χ1n) is 10.4. The van der Waals surface area contributed by atoms with Gasteiger partial charge in [0.05, 0.1) is 11.6 Å².